The van der Waals surface area contributed by atoms with Crippen LogP contribution in [0, 0.1) is 0 Å². The Labute approximate surface area is 126 Å². The van der Waals surface area contributed by atoms with Crippen molar-refractivity contribution in [3.05, 3.63) is 0 Å². The number of rotatable bonds is 10. The maximum absolute atomic E-state index is 5.64. The van der Waals surface area contributed by atoms with Gasteiger partial charge in [-0.1, -0.05) is 6.92 Å². The first-order valence-corrected chi connectivity index (χ1v) is 7.68. The Balaban J connectivity index is 1.90. The summed E-state index contributed by atoms with van der Waals surface area (Å²) in [5, 5.41) is 3.13. The van der Waals surface area contributed by atoms with E-state index in [0.29, 0.717) is 31.2 Å². The average Bonchev–Trinajstić information content (AvgIpc) is 3.30. The third-order valence-electron chi connectivity index (χ3n) is 3.25. The van der Waals surface area contributed by atoms with Crippen molar-refractivity contribution in [2.75, 3.05) is 38.7 Å². The van der Waals surface area contributed by atoms with E-state index in [2.05, 4.69) is 39.1 Å². The van der Waals surface area contributed by atoms with Gasteiger partial charge in [-0.25, -0.2) is 0 Å². The van der Waals surface area contributed by atoms with Gasteiger partial charge in [0, 0.05) is 19.1 Å². The van der Waals surface area contributed by atoms with Gasteiger partial charge in [0.05, 0.1) is 6.61 Å². The molecule has 118 valence electrons. The fourth-order valence-corrected chi connectivity index (χ4v) is 1.89. The topological polar surface area (TPSA) is 72.4 Å². The number of nitrogens with one attached hydrogen (secondary N) is 1. The van der Waals surface area contributed by atoms with Crippen LogP contribution in [0.1, 0.15) is 33.1 Å². The van der Waals surface area contributed by atoms with E-state index >= 15 is 0 Å². The van der Waals surface area contributed by atoms with Crippen LogP contribution in [-0.2, 0) is 0 Å². The molecule has 0 spiro atoms. The maximum atomic E-state index is 5.64. The predicted octanol–water partition coefficient (Wildman–Crippen LogP) is 1.57. The molecule has 0 amide bonds. The number of hydrogen-bond donors (Lipinski definition) is 1. The Morgan fingerprint density at radius 3 is 2.48 bits per heavy atom. The predicted molar refractivity (Wildman–Crippen MR) is 80.9 cm³/mol. The Morgan fingerprint density at radius 1 is 1.14 bits per heavy atom. The largest absolute Gasteiger partial charge is 0.464 e. The minimum atomic E-state index is 0.302. The van der Waals surface area contributed by atoms with E-state index in [9.17, 15) is 0 Å². The van der Waals surface area contributed by atoms with E-state index in [1.54, 1.807) is 0 Å². The van der Waals surface area contributed by atoms with E-state index in [1.165, 1.54) is 12.8 Å². The summed E-state index contributed by atoms with van der Waals surface area (Å²) in [5.41, 5.74) is 0. The van der Waals surface area contributed by atoms with Crippen LogP contribution in [0.25, 0.3) is 0 Å². The molecule has 0 aromatic carbocycles. The summed E-state index contributed by atoms with van der Waals surface area (Å²) in [5.74, 6) is 0.501. The highest BCUT2D eigenvalue weighted by Crippen LogP contribution is 2.24. The van der Waals surface area contributed by atoms with Crippen molar-refractivity contribution in [3.63, 3.8) is 0 Å². The summed E-state index contributed by atoms with van der Waals surface area (Å²) in [4.78, 5) is 14.9. The van der Waals surface area contributed by atoms with Crippen LogP contribution in [0.4, 0.5) is 5.95 Å². The summed E-state index contributed by atoms with van der Waals surface area (Å²) in [6.45, 7) is 6.74. The molecule has 1 fully saturated rings. The number of anilines is 1. The second kappa shape index (κ2) is 7.97. The lowest BCUT2D eigenvalue weighted by atomic mass is 10.5. The molecule has 0 aliphatic heterocycles. The molecule has 0 saturated heterocycles. The van der Waals surface area contributed by atoms with Gasteiger partial charge in [-0.3, -0.25) is 0 Å². The van der Waals surface area contributed by atoms with Crippen LogP contribution >= 0.6 is 0 Å². The first kappa shape index (κ1) is 15.8. The van der Waals surface area contributed by atoms with Gasteiger partial charge in [0.15, 0.2) is 0 Å². The highest BCUT2D eigenvalue weighted by molar-refractivity contribution is 5.27. The Hall–Kier alpha value is -1.63. The standard InChI is InChI=1S/C14H25N5O2/c1-4-8-15-12-16-13(20-5-2)18-14(17-12)21-10-9-19(3)11-6-7-11/h11H,4-10H2,1-3H3,(H,15,16,17,18). The van der Waals surface area contributed by atoms with E-state index in [4.69, 9.17) is 9.47 Å². The zero-order valence-electron chi connectivity index (χ0n) is 13.1. The molecule has 1 aliphatic carbocycles. The molecule has 1 aliphatic rings. The van der Waals surface area contributed by atoms with Crippen molar-refractivity contribution in [3.8, 4) is 12.0 Å². The van der Waals surface area contributed by atoms with Gasteiger partial charge < -0.3 is 19.7 Å². The molecule has 0 bridgehead atoms. The number of aromatic nitrogens is 3. The fraction of sp³-hybridized carbons (Fsp3) is 0.786. The van der Waals surface area contributed by atoms with E-state index < -0.39 is 0 Å². The zero-order chi connectivity index (χ0) is 15.1. The van der Waals surface area contributed by atoms with Crippen molar-refractivity contribution >= 4 is 5.95 Å². The molecule has 0 radical (unpaired) electrons. The third kappa shape index (κ3) is 5.34. The summed E-state index contributed by atoms with van der Waals surface area (Å²) < 4.78 is 11.0. The summed E-state index contributed by atoms with van der Waals surface area (Å²) in [7, 11) is 2.12. The number of hydrogen-bond acceptors (Lipinski definition) is 7. The van der Waals surface area contributed by atoms with Gasteiger partial charge in [0.25, 0.3) is 0 Å². The molecule has 0 atom stereocenters. The zero-order valence-corrected chi connectivity index (χ0v) is 13.1. The minimum Gasteiger partial charge on any atom is -0.464 e. The molecule has 1 aromatic heterocycles. The molecule has 7 nitrogen and oxygen atoms in total. The number of ether oxygens (including phenoxy) is 2. The second-order valence-electron chi connectivity index (χ2n) is 5.14. The second-order valence-corrected chi connectivity index (χ2v) is 5.14. The van der Waals surface area contributed by atoms with Gasteiger partial charge in [-0.05, 0) is 33.2 Å². The van der Waals surface area contributed by atoms with Crippen molar-refractivity contribution in [1.29, 1.82) is 0 Å². The third-order valence-corrected chi connectivity index (χ3v) is 3.25. The average molecular weight is 295 g/mol. The lowest BCUT2D eigenvalue weighted by molar-refractivity contribution is 0.215. The molecular weight excluding hydrogens is 270 g/mol. The monoisotopic (exact) mass is 295 g/mol. The molecule has 1 aromatic rings. The first-order valence-electron chi connectivity index (χ1n) is 7.68. The highest BCUT2D eigenvalue weighted by Gasteiger charge is 2.25. The van der Waals surface area contributed by atoms with Gasteiger partial charge in [0.1, 0.15) is 6.61 Å². The lowest BCUT2D eigenvalue weighted by Crippen LogP contribution is -2.26. The molecule has 7 heteroatoms. The molecule has 1 heterocycles. The van der Waals surface area contributed by atoms with E-state index in [1.807, 2.05) is 6.92 Å². The Bertz CT molecular complexity index is 439. The summed E-state index contributed by atoms with van der Waals surface area (Å²) in [6, 6.07) is 1.35. The van der Waals surface area contributed by atoms with Gasteiger partial charge in [-0.2, -0.15) is 9.97 Å². The quantitative estimate of drug-likeness (QED) is 0.702. The van der Waals surface area contributed by atoms with Crippen LogP contribution < -0.4 is 14.8 Å². The molecule has 1 saturated carbocycles. The van der Waals surface area contributed by atoms with E-state index in [-0.39, 0.29) is 0 Å². The number of likely N-dealkylation sites (N-methyl/N-ethyl adjacent to an activating group) is 1. The lowest BCUT2D eigenvalue weighted by Gasteiger charge is -2.15. The van der Waals surface area contributed by atoms with Crippen LogP contribution in [0.2, 0.25) is 0 Å². The molecule has 2 rings (SSSR count). The molecular formula is C14H25N5O2. The molecule has 0 unspecified atom stereocenters. The van der Waals surface area contributed by atoms with Crippen LogP contribution in [0.15, 0.2) is 0 Å². The van der Waals surface area contributed by atoms with Crippen LogP contribution in [0.3, 0.4) is 0 Å². The maximum Gasteiger partial charge on any atom is 0.324 e. The first-order chi connectivity index (χ1) is 10.2. The highest BCUT2D eigenvalue weighted by atomic mass is 16.5. The van der Waals surface area contributed by atoms with Crippen molar-refractivity contribution in [2.24, 2.45) is 0 Å². The van der Waals surface area contributed by atoms with Crippen molar-refractivity contribution < 1.29 is 9.47 Å². The van der Waals surface area contributed by atoms with E-state index in [0.717, 1.165) is 25.6 Å². The smallest absolute Gasteiger partial charge is 0.324 e. The summed E-state index contributed by atoms with van der Waals surface area (Å²) >= 11 is 0. The Kier molecular flexibility index (Phi) is 5.98. The van der Waals surface area contributed by atoms with Crippen molar-refractivity contribution in [2.45, 2.75) is 39.2 Å². The normalized spacial score (nSPS) is 14.3. The molecule has 21 heavy (non-hydrogen) atoms. The molecule has 1 N–H and O–H groups in total. The van der Waals surface area contributed by atoms with Gasteiger partial charge in [-0.15, -0.1) is 4.98 Å². The minimum absolute atomic E-state index is 0.302. The van der Waals surface area contributed by atoms with Crippen molar-refractivity contribution in [1.82, 2.24) is 19.9 Å². The Morgan fingerprint density at radius 2 is 1.86 bits per heavy atom. The van der Waals surface area contributed by atoms with Gasteiger partial charge >= 0.3 is 12.0 Å². The summed E-state index contributed by atoms with van der Waals surface area (Å²) in [6.07, 6.45) is 3.59. The van der Waals surface area contributed by atoms with Crippen LogP contribution in [-0.4, -0.2) is 59.2 Å². The van der Waals surface area contributed by atoms with Gasteiger partial charge in [0.2, 0.25) is 5.95 Å². The number of nitrogens with zero attached hydrogens (tertiary/aromatic N) is 4. The van der Waals surface area contributed by atoms with Crippen LogP contribution in [0.5, 0.6) is 12.0 Å². The SMILES string of the molecule is CCCNc1nc(OCC)nc(OCCN(C)C2CC2)n1. The fourth-order valence-electron chi connectivity index (χ4n) is 1.89.